The molecule has 2 heteroatoms. The Balaban J connectivity index is 0.000000574. The molecule has 0 unspecified atom stereocenters. The first-order valence-corrected chi connectivity index (χ1v) is 6.32. The second-order valence-electron chi connectivity index (χ2n) is 3.74. The van der Waals surface area contributed by atoms with E-state index in [9.17, 15) is 0 Å². The van der Waals surface area contributed by atoms with Crippen LogP contribution < -0.4 is 5.32 Å². The third-order valence-corrected chi connectivity index (χ3v) is 2.64. The molecule has 2 aromatic carbocycles. The Morgan fingerprint density at radius 2 is 1.50 bits per heavy atom. The highest BCUT2D eigenvalue weighted by Crippen LogP contribution is 2.25. The lowest BCUT2D eigenvalue weighted by Crippen LogP contribution is -1.87. The van der Waals surface area contributed by atoms with Crippen molar-refractivity contribution in [3.63, 3.8) is 0 Å². The van der Waals surface area contributed by atoms with Crippen molar-refractivity contribution in [2.75, 3.05) is 5.32 Å². The molecule has 3 rings (SSSR count). The summed E-state index contributed by atoms with van der Waals surface area (Å²) in [6.45, 7) is 4.00. The lowest BCUT2D eigenvalue weighted by Gasteiger charge is -2.03. The highest BCUT2D eigenvalue weighted by atomic mass is 14.9. The van der Waals surface area contributed by atoms with Crippen molar-refractivity contribution >= 4 is 22.3 Å². The zero-order valence-electron chi connectivity index (χ0n) is 10.8. The standard InChI is InChI=1S/C14H12N2.C2H6/c1-2-6-11(7-3-1)16-14-10-15-13-9-5-4-8-12(13)14;1-2/h1-10,15-16H;1-2H3. The largest absolute Gasteiger partial charge is 0.359 e. The third-order valence-electron chi connectivity index (χ3n) is 2.64. The molecule has 0 amide bonds. The van der Waals surface area contributed by atoms with E-state index in [0.717, 1.165) is 16.9 Å². The van der Waals surface area contributed by atoms with Crippen LogP contribution in [0.1, 0.15) is 13.8 Å². The molecule has 1 aromatic heterocycles. The van der Waals surface area contributed by atoms with Gasteiger partial charge in [-0.3, -0.25) is 0 Å². The van der Waals surface area contributed by atoms with Crippen LogP contribution in [0.2, 0.25) is 0 Å². The number of aromatic amines is 1. The Hall–Kier alpha value is -2.22. The fourth-order valence-electron chi connectivity index (χ4n) is 1.85. The number of anilines is 2. The molecule has 0 fully saturated rings. The molecule has 0 spiro atoms. The Kier molecular flexibility index (Phi) is 4.02. The highest BCUT2D eigenvalue weighted by Gasteiger charge is 2.01. The van der Waals surface area contributed by atoms with E-state index in [1.165, 1.54) is 5.39 Å². The number of rotatable bonds is 2. The molecule has 0 saturated heterocycles. The zero-order valence-corrected chi connectivity index (χ0v) is 10.8. The number of hydrogen-bond acceptors (Lipinski definition) is 1. The van der Waals surface area contributed by atoms with Crippen LogP contribution in [0.4, 0.5) is 11.4 Å². The van der Waals surface area contributed by atoms with E-state index in [2.05, 4.69) is 34.6 Å². The minimum absolute atomic E-state index is 1.10. The molecule has 1 heterocycles. The first-order chi connectivity index (χ1) is 8.93. The van der Waals surface area contributed by atoms with Crippen molar-refractivity contribution in [1.82, 2.24) is 4.98 Å². The van der Waals surface area contributed by atoms with Crippen LogP contribution in [-0.2, 0) is 0 Å². The Morgan fingerprint density at radius 1 is 0.833 bits per heavy atom. The first-order valence-electron chi connectivity index (χ1n) is 6.32. The minimum atomic E-state index is 1.10. The number of fused-ring (bicyclic) bond motifs is 1. The fourth-order valence-corrected chi connectivity index (χ4v) is 1.85. The molecule has 0 aliphatic heterocycles. The highest BCUT2D eigenvalue weighted by molar-refractivity contribution is 5.93. The second-order valence-corrected chi connectivity index (χ2v) is 3.74. The van der Waals surface area contributed by atoms with Gasteiger partial charge in [0, 0.05) is 22.8 Å². The molecule has 0 aliphatic carbocycles. The molecule has 0 radical (unpaired) electrons. The van der Waals surface area contributed by atoms with Gasteiger partial charge in [0.2, 0.25) is 0 Å². The smallest absolute Gasteiger partial charge is 0.0641 e. The topological polar surface area (TPSA) is 27.8 Å². The summed E-state index contributed by atoms with van der Waals surface area (Å²) in [5.41, 5.74) is 3.37. The van der Waals surface area contributed by atoms with Gasteiger partial charge in [-0.1, -0.05) is 50.2 Å². The van der Waals surface area contributed by atoms with Gasteiger partial charge in [-0.15, -0.1) is 0 Å². The van der Waals surface area contributed by atoms with Gasteiger partial charge in [0.15, 0.2) is 0 Å². The summed E-state index contributed by atoms with van der Waals surface area (Å²) in [5.74, 6) is 0. The molecular weight excluding hydrogens is 220 g/mol. The monoisotopic (exact) mass is 238 g/mol. The van der Waals surface area contributed by atoms with E-state index in [4.69, 9.17) is 0 Å². The summed E-state index contributed by atoms with van der Waals surface area (Å²) in [7, 11) is 0. The Labute approximate surface area is 108 Å². The molecule has 0 saturated carbocycles. The van der Waals surface area contributed by atoms with Crippen LogP contribution in [0, 0.1) is 0 Å². The summed E-state index contributed by atoms with van der Waals surface area (Å²) >= 11 is 0. The van der Waals surface area contributed by atoms with Crippen molar-refractivity contribution in [2.24, 2.45) is 0 Å². The van der Waals surface area contributed by atoms with Crippen molar-refractivity contribution in [2.45, 2.75) is 13.8 Å². The summed E-state index contributed by atoms with van der Waals surface area (Å²) in [6.07, 6.45) is 2.00. The van der Waals surface area contributed by atoms with Gasteiger partial charge in [-0.05, 0) is 18.2 Å². The Morgan fingerprint density at radius 3 is 2.28 bits per heavy atom. The number of nitrogens with one attached hydrogen (secondary N) is 2. The predicted molar refractivity (Wildman–Crippen MR) is 79.4 cm³/mol. The first kappa shape index (κ1) is 12.2. The molecule has 0 bridgehead atoms. The lowest BCUT2D eigenvalue weighted by atomic mass is 10.2. The van der Waals surface area contributed by atoms with Crippen molar-refractivity contribution < 1.29 is 0 Å². The van der Waals surface area contributed by atoms with Gasteiger partial charge in [0.05, 0.1) is 5.69 Å². The summed E-state index contributed by atoms with van der Waals surface area (Å²) in [6, 6.07) is 18.4. The minimum Gasteiger partial charge on any atom is -0.359 e. The van der Waals surface area contributed by atoms with Gasteiger partial charge in [-0.25, -0.2) is 0 Å². The van der Waals surface area contributed by atoms with Gasteiger partial charge in [0.25, 0.3) is 0 Å². The van der Waals surface area contributed by atoms with E-state index in [1.807, 2.05) is 50.4 Å². The van der Waals surface area contributed by atoms with Crippen LogP contribution in [-0.4, -0.2) is 4.98 Å². The quantitative estimate of drug-likeness (QED) is 0.650. The van der Waals surface area contributed by atoms with Gasteiger partial charge < -0.3 is 10.3 Å². The maximum Gasteiger partial charge on any atom is 0.0641 e. The van der Waals surface area contributed by atoms with Crippen molar-refractivity contribution in [3.05, 3.63) is 60.8 Å². The molecule has 0 atom stereocenters. The second kappa shape index (κ2) is 5.92. The molecule has 3 aromatic rings. The van der Waals surface area contributed by atoms with Crippen LogP contribution >= 0.6 is 0 Å². The maximum absolute atomic E-state index is 3.40. The van der Waals surface area contributed by atoms with Crippen LogP contribution in [0.3, 0.4) is 0 Å². The predicted octanol–water partition coefficient (Wildman–Crippen LogP) is 4.94. The zero-order chi connectivity index (χ0) is 12.8. The normalized spacial score (nSPS) is 9.67. The molecule has 2 N–H and O–H groups in total. The van der Waals surface area contributed by atoms with Gasteiger partial charge in [-0.2, -0.15) is 0 Å². The number of para-hydroxylation sites is 2. The van der Waals surface area contributed by atoms with Crippen LogP contribution in [0.15, 0.2) is 60.8 Å². The SMILES string of the molecule is CC.c1ccc(Nc2c[nH]c3ccccc23)cc1. The molecule has 92 valence electrons. The van der Waals surface area contributed by atoms with Crippen molar-refractivity contribution in [1.29, 1.82) is 0 Å². The van der Waals surface area contributed by atoms with Crippen LogP contribution in [0.5, 0.6) is 0 Å². The average Bonchev–Trinajstić information content (AvgIpc) is 2.86. The van der Waals surface area contributed by atoms with Gasteiger partial charge >= 0.3 is 0 Å². The average molecular weight is 238 g/mol. The van der Waals surface area contributed by atoms with E-state index >= 15 is 0 Å². The summed E-state index contributed by atoms with van der Waals surface area (Å²) < 4.78 is 0. The molecule has 0 aliphatic rings. The van der Waals surface area contributed by atoms with E-state index in [-0.39, 0.29) is 0 Å². The van der Waals surface area contributed by atoms with E-state index in [1.54, 1.807) is 0 Å². The number of benzene rings is 2. The summed E-state index contributed by atoms with van der Waals surface area (Å²) in [4.78, 5) is 3.25. The van der Waals surface area contributed by atoms with Gasteiger partial charge in [0.1, 0.15) is 0 Å². The maximum atomic E-state index is 3.40. The third kappa shape index (κ3) is 2.54. The fraction of sp³-hybridized carbons (Fsp3) is 0.125. The number of H-pyrrole nitrogens is 1. The van der Waals surface area contributed by atoms with Crippen molar-refractivity contribution in [3.8, 4) is 0 Å². The number of hydrogen-bond donors (Lipinski definition) is 2. The van der Waals surface area contributed by atoms with E-state index < -0.39 is 0 Å². The molecule has 2 nitrogen and oxygen atoms in total. The van der Waals surface area contributed by atoms with Crippen LogP contribution in [0.25, 0.3) is 10.9 Å². The lowest BCUT2D eigenvalue weighted by molar-refractivity contribution is 1.46. The molecule has 18 heavy (non-hydrogen) atoms. The Bertz CT molecular complexity index is 597. The number of aromatic nitrogens is 1. The summed E-state index contributed by atoms with van der Waals surface area (Å²) in [5, 5.41) is 4.61. The van der Waals surface area contributed by atoms with E-state index in [0.29, 0.717) is 0 Å². The molecular formula is C16H18N2.